The van der Waals surface area contributed by atoms with Crippen LogP contribution in [-0.4, -0.2) is 11.4 Å². The summed E-state index contributed by atoms with van der Waals surface area (Å²) in [6.07, 6.45) is 0.698. The van der Waals surface area contributed by atoms with Gasteiger partial charge in [0.05, 0.1) is 0 Å². The van der Waals surface area contributed by atoms with Gasteiger partial charge in [0.15, 0.2) is 0 Å². The van der Waals surface area contributed by atoms with Crippen molar-refractivity contribution in [2.75, 3.05) is 0 Å². The molecule has 35 valence electrons. The van der Waals surface area contributed by atoms with Gasteiger partial charge < -0.3 is 5.73 Å². The zero-order valence-electron chi connectivity index (χ0n) is 3.55. The van der Waals surface area contributed by atoms with E-state index in [-0.39, 0.29) is 6.04 Å². The predicted octanol–water partition coefficient (Wildman–Crippen LogP) is 0.538. The molecule has 0 saturated heterocycles. The molecular formula is C4H8NS. The van der Waals surface area contributed by atoms with Gasteiger partial charge in [-0.2, -0.15) is 0 Å². The molecule has 0 rings (SSSR count). The zero-order chi connectivity index (χ0) is 4.99. The molecule has 0 spiro atoms. The van der Waals surface area contributed by atoms with Crippen LogP contribution in [0.2, 0.25) is 0 Å². The van der Waals surface area contributed by atoms with Crippen LogP contribution in [0.15, 0.2) is 0 Å². The quantitative estimate of drug-likeness (QED) is 0.515. The van der Waals surface area contributed by atoms with Crippen molar-refractivity contribution < 1.29 is 0 Å². The van der Waals surface area contributed by atoms with E-state index in [1.54, 1.807) is 0 Å². The molecule has 0 aromatic rings. The molecule has 0 aliphatic carbocycles. The first-order valence-electron chi connectivity index (χ1n) is 1.81. The summed E-state index contributed by atoms with van der Waals surface area (Å²) in [5.74, 6) is 0. The van der Waals surface area contributed by atoms with Crippen molar-refractivity contribution in [2.45, 2.75) is 12.5 Å². The van der Waals surface area contributed by atoms with Crippen LogP contribution in [0, 0.1) is 6.92 Å². The first-order valence-corrected chi connectivity index (χ1v) is 2.28. The Morgan fingerprint density at radius 3 is 2.50 bits per heavy atom. The van der Waals surface area contributed by atoms with Crippen molar-refractivity contribution >= 4 is 17.6 Å². The average Bonchev–Trinajstić information content (AvgIpc) is 1.65. The minimum atomic E-state index is 0.0139. The van der Waals surface area contributed by atoms with Gasteiger partial charge in [-0.15, -0.1) is 0 Å². The van der Waals surface area contributed by atoms with Gasteiger partial charge in [0.25, 0.3) is 0 Å². The maximum Gasteiger partial charge on any atom is 0.0328 e. The smallest absolute Gasteiger partial charge is 0.0328 e. The zero-order valence-corrected chi connectivity index (χ0v) is 4.37. The number of nitrogens with two attached hydrogens (primary N) is 1. The first-order chi connectivity index (χ1) is 2.81. The third-order valence-electron chi connectivity index (χ3n) is 0.508. The largest absolute Gasteiger partial charge is 0.324 e. The fraction of sp³-hybridized carbons (Fsp3) is 0.500. The fourth-order valence-corrected chi connectivity index (χ4v) is 0.204. The topological polar surface area (TPSA) is 26.0 Å². The molecule has 1 radical (unpaired) electrons. The maximum absolute atomic E-state index is 5.25. The molecule has 0 aliphatic rings. The Labute approximate surface area is 43.5 Å². The lowest BCUT2D eigenvalue weighted by molar-refractivity contribution is 0.900. The summed E-state index contributed by atoms with van der Waals surface area (Å²) in [4.78, 5) is 0. The maximum atomic E-state index is 5.25. The van der Waals surface area contributed by atoms with Crippen molar-refractivity contribution in [2.24, 2.45) is 5.73 Å². The van der Waals surface area contributed by atoms with Crippen molar-refractivity contribution in [1.29, 1.82) is 0 Å². The van der Waals surface area contributed by atoms with Crippen molar-refractivity contribution in [3.63, 3.8) is 0 Å². The Morgan fingerprint density at radius 1 is 2.00 bits per heavy atom. The molecule has 6 heavy (non-hydrogen) atoms. The van der Waals surface area contributed by atoms with E-state index in [2.05, 4.69) is 19.1 Å². The highest BCUT2D eigenvalue weighted by atomic mass is 32.1. The summed E-state index contributed by atoms with van der Waals surface area (Å²) < 4.78 is 0. The third-order valence-corrected chi connectivity index (χ3v) is 0.858. The van der Waals surface area contributed by atoms with Crippen molar-refractivity contribution in [3.05, 3.63) is 6.92 Å². The van der Waals surface area contributed by atoms with Crippen LogP contribution >= 0.6 is 12.2 Å². The molecule has 0 aromatic carbocycles. The van der Waals surface area contributed by atoms with Gasteiger partial charge in [0.2, 0.25) is 0 Å². The van der Waals surface area contributed by atoms with Gasteiger partial charge in [-0.25, -0.2) is 0 Å². The number of hydrogen-bond acceptors (Lipinski definition) is 2. The molecule has 0 amide bonds. The minimum Gasteiger partial charge on any atom is -0.324 e. The second-order valence-electron chi connectivity index (χ2n) is 1.09. The highest BCUT2D eigenvalue weighted by Gasteiger charge is 1.85. The number of hydrogen-bond donors (Lipinski definition) is 1. The van der Waals surface area contributed by atoms with Gasteiger partial charge in [-0.05, 0) is 11.8 Å². The molecule has 0 saturated carbocycles. The lowest BCUT2D eigenvalue weighted by Gasteiger charge is -1.93. The third kappa shape index (κ3) is 2.30. The Balaban J connectivity index is 2.96. The second kappa shape index (κ2) is 3.25. The molecule has 0 aliphatic heterocycles. The van der Waals surface area contributed by atoms with E-state index in [0.717, 1.165) is 0 Å². The molecule has 1 nitrogen and oxygen atoms in total. The predicted molar refractivity (Wildman–Crippen MR) is 31.6 cm³/mol. The summed E-state index contributed by atoms with van der Waals surface area (Å²) in [5.41, 5.74) is 5.25. The SMILES string of the molecule is [CH2]CC(N)C=S. The van der Waals surface area contributed by atoms with Gasteiger partial charge in [-0.1, -0.05) is 19.1 Å². The van der Waals surface area contributed by atoms with Crippen LogP contribution in [-0.2, 0) is 0 Å². The van der Waals surface area contributed by atoms with Crippen LogP contribution in [0.25, 0.3) is 0 Å². The molecule has 2 N–H and O–H groups in total. The van der Waals surface area contributed by atoms with E-state index in [9.17, 15) is 0 Å². The highest BCUT2D eigenvalue weighted by molar-refractivity contribution is 7.79. The first kappa shape index (κ1) is 6.05. The number of thiocarbonyl (C=S) groups is 1. The summed E-state index contributed by atoms with van der Waals surface area (Å²) in [6, 6.07) is 0.0139. The highest BCUT2D eigenvalue weighted by Crippen LogP contribution is 1.76. The molecule has 1 unspecified atom stereocenters. The fourth-order valence-electron chi connectivity index (χ4n) is 0.0680. The minimum absolute atomic E-state index is 0.0139. The van der Waals surface area contributed by atoms with Crippen LogP contribution in [0.4, 0.5) is 0 Å². The van der Waals surface area contributed by atoms with Crippen molar-refractivity contribution in [1.82, 2.24) is 0 Å². The molecule has 0 bridgehead atoms. The Morgan fingerprint density at radius 2 is 2.50 bits per heavy atom. The normalized spacial score (nSPS) is 13.7. The van der Waals surface area contributed by atoms with Gasteiger partial charge in [0.1, 0.15) is 0 Å². The van der Waals surface area contributed by atoms with E-state index in [0.29, 0.717) is 6.42 Å². The van der Waals surface area contributed by atoms with E-state index in [4.69, 9.17) is 5.73 Å². The molecule has 1 atom stereocenters. The monoisotopic (exact) mass is 102 g/mol. The second-order valence-corrected chi connectivity index (χ2v) is 1.36. The van der Waals surface area contributed by atoms with Gasteiger partial charge in [-0.3, -0.25) is 0 Å². The van der Waals surface area contributed by atoms with E-state index >= 15 is 0 Å². The summed E-state index contributed by atoms with van der Waals surface area (Å²) >= 11 is 4.48. The van der Waals surface area contributed by atoms with E-state index in [1.807, 2.05) is 0 Å². The summed E-state index contributed by atoms with van der Waals surface area (Å²) in [7, 11) is 0. The lowest BCUT2D eigenvalue weighted by Crippen LogP contribution is -2.18. The molecule has 0 heterocycles. The van der Waals surface area contributed by atoms with Crippen LogP contribution in [0.1, 0.15) is 6.42 Å². The molecular weight excluding hydrogens is 94.1 g/mol. The van der Waals surface area contributed by atoms with E-state index < -0.39 is 0 Å². The Kier molecular flexibility index (Phi) is 3.28. The van der Waals surface area contributed by atoms with Crippen LogP contribution < -0.4 is 5.73 Å². The molecule has 2 heteroatoms. The Hall–Kier alpha value is 0.0500. The van der Waals surface area contributed by atoms with Gasteiger partial charge in [0, 0.05) is 6.04 Å². The summed E-state index contributed by atoms with van der Waals surface area (Å²) in [5, 5.41) is 1.52. The van der Waals surface area contributed by atoms with E-state index in [1.165, 1.54) is 5.37 Å². The lowest BCUT2D eigenvalue weighted by atomic mass is 10.3. The van der Waals surface area contributed by atoms with Crippen molar-refractivity contribution in [3.8, 4) is 0 Å². The average molecular weight is 102 g/mol. The number of rotatable bonds is 2. The summed E-state index contributed by atoms with van der Waals surface area (Å²) in [6.45, 7) is 3.53. The van der Waals surface area contributed by atoms with Gasteiger partial charge >= 0.3 is 0 Å². The Bertz CT molecular complexity index is 44.8. The van der Waals surface area contributed by atoms with Crippen LogP contribution in [0.5, 0.6) is 0 Å². The molecule has 0 fully saturated rings. The van der Waals surface area contributed by atoms with Crippen LogP contribution in [0.3, 0.4) is 0 Å². The standard InChI is InChI=1S/C4H8NS/c1-2-4(5)3-6/h3-4H,1-2,5H2. The molecule has 0 aromatic heterocycles.